The Bertz CT molecular complexity index is 845. The lowest BCUT2D eigenvalue weighted by Gasteiger charge is -2.07. The van der Waals surface area contributed by atoms with E-state index in [1.54, 1.807) is 7.11 Å². The van der Waals surface area contributed by atoms with Crippen LogP contribution >= 0.6 is 11.8 Å². The van der Waals surface area contributed by atoms with Crippen molar-refractivity contribution < 1.29 is 19.1 Å². The Hall–Kier alpha value is -2.73. The van der Waals surface area contributed by atoms with Crippen molar-refractivity contribution in [3.8, 4) is 28.3 Å². The van der Waals surface area contributed by atoms with Gasteiger partial charge >= 0.3 is 5.97 Å². The Labute approximate surface area is 143 Å². The zero-order valence-corrected chi connectivity index (χ0v) is 13.7. The molecule has 0 atom stereocenters. The normalized spacial score (nSPS) is 10.5. The van der Waals surface area contributed by atoms with Crippen LogP contribution in [0.2, 0.25) is 0 Å². The predicted molar refractivity (Wildman–Crippen MR) is 92.3 cm³/mol. The quantitative estimate of drug-likeness (QED) is 0.678. The number of benzene rings is 2. The highest BCUT2D eigenvalue weighted by Gasteiger charge is 2.20. The molecule has 1 aromatic heterocycles. The maximum Gasteiger partial charge on any atom is 0.314 e. The topological polar surface area (TPSA) is 72.6 Å². The van der Waals surface area contributed by atoms with Crippen LogP contribution in [-0.4, -0.2) is 28.9 Å². The summed E-state index contributed by atoms with van der Waals surface area (Å²) in [6.45, 7) is 0. The number of carbonyl (C=O) groups is 1. The number of hydrogen-bond donors (Lipinski definition) is 1. The Morgan fingerprint density at radius 2 is 1.88 bits per heavy atom. The molecule has 0 amide bonds. The second-order valence-corrected chi connectivity index (χ2v) is 5.83. The molecule has 0 saturated heterocycles. The van der Waals surface area contributed by atoms with Gasteiger partial charge in [0.25, 0.3) is 5.22 Å². The monoisotopic (exact) mass is 341 g/mol. The number of aliphatic carboxylic acids is 1. The van der Waals surface area contributed by atoms with E-state index >= 15 is 0 Å². The average Bonchev–Trinajstić information content (AvgIpc) is 3.05. The van der Waals surface area contributed by atoms with Crippen molar-refractivity contribution in [1.29, 1.82) is 0 Å². The van der Waals surface area contributed by atoms with E-state index in [1.165, 1.54) is 0 Å². The van der Waals surface area contributed by atoms with Crippen LogP contribution < -0.4 is 4.74 Å². The molecule has 5 nitrogen and oxygen atoms in total. The van der Waals surface area contributed by atoms with Crippen LogP contribution in [0.5, 0.6) is 5.75 Å². The third kappa shape index (κ3) is 3.44. The van der Waals surface area contributed by atoms with Crippen LogP contribution in [0.1, 0.15) is 0 Å². The fourth-order valence-electron chi connectivity index (χ4n) is 2.29. The standard InChI is InChI=1S/C18H15NO4S/c1-22-14-10-6-5-9-13(14)17-16(12-7-3-2-4-8-12)19-18(23-17)24-11-15(20)21/h2-10H,11H2,1H3,(H,20,21). The maximum atomic E-state index is 10.8. The summed E-state index contributed by atoms with van der Waals surface area (Å²) >= 11 is 1.05. The lowest BCUT2D eigenvalue weighted by Crippen LogP contribution is -1.97. The summed E-state index contributed by atoms with van der Waals surface area (Å²) in [6.07, 6.45) is 0. The van der Waals surface area contributed by atoms with Crippen molar-refractivity contribution in [1.82, 2.24) is 4.98 Å². The molecule has 1 heterocycles. The van der Waals surface area contributed by atoms with E-state index in [9.17, 15) is 4.79 Å². The smallest absolute Gasteiger partial charge is 0.314 e. The molecule has 0 aliphatic rings. The molecule has 0 spiro atoms. The van der Waals surface area contributed by atoms with E-state index in [-0.39, 0.29) is 5.75 Å². The van der Waals surface area contributed by atoms with Crippen molar-refractivity contribution >= 4 is 17.7 Å². The van der Waals surface area contributed by atoms with Gasteiger partial charge in [0, 0.05) is 5.56 Å². The summed E-state index contributed by atoms with van der Waals surface area (Å²) in [5.41, 5.74) is 2.32. The van der Waals surface area contributed by atoms with Crippen molar-refractivity contribution in [2.24, 2.45) is 0 Å². The Morgan fingerprint density at radius 1 is 1.17 bits per heavy atom. The van der Waals surface area contributed by atoms with Gasteiger partial charge in [0.2, 0.25) is 0 Å². The number of oxazole rings is 1. The number of carboxylic acid groups (broad SMARTS) is 1. The van der Waals surface area contributed by atoms with E-state index in [1.807, 2.05) is 54.6 Å². The first-order valence-electron chi connectivity index (χ1n) is 7.23. The molecule has 6 heteroatoms. The number of thioether (sulfide) groups is 1. The number of nitrogens with zero attached hydrogens (tertiary/aromatic N) is 1. The van der Waals surface area contributed by atoms with E-state index < -0.39 is 5.97 Å². The van der Waals surface area contributed by atoms with Gasteiger partial charge in [-0.25, -0.2) is 4.98 Å². The minimum Gasteiger partial charge on any atom is -0.496 e. The van der Waals surface area contributed by atoms with E-state index in [2.05, 4.69) is 4.98 Å². The average molecular weight is 341 g/mol. The minimum absolute atomic E-state index is 0.111. The molecule has 1 N–H and O–H groups in total. The summed E-state index contributed by atoms with van der Waals surface area (Å²) in [6, 6.07) is 17.1. The second-order valence-electron chi connectivity index (χ2n) is 4.91. The molecule has 0 aliphatic heterocycles. The predicted octanol–water partition coefficient (Wildman–Crippen LogP) is 4.19. The van der Waals surface area contributed by atoms with Crippen LogP contribution in [0.3, 0.4) is 0 Å². The molecule has 3 aromatic rings. The number of methoxy groups -OCH3 is 1. The highest BCUT2D eigenvalue weighted by molar-refractivity contribution is 7.99. The highest BCUT2D eigenvalue weighted by atomic mass is 32.2. The van der Waals surface area contributed by atoms with E-state index in [0.717, 1.165) is 22.9 Å². The summed E-state index contributed by atoms with van der Waals surface area (Å²) in [7, 11) is 1.59. The van der Waals surface area contributed by atoms with Crippen LogP contribution in [0.25, 0.3) is 22.6 Å². The molecular formula is C18H15NO4S. The zero-order chi connectivity index (χ0) is 16.9. The molecule has 0 bridgehead atoms. The van der Waals surface area contributed by atoms with Crippen LogP contribution in [0, 0.1) is 0 Å². The van der Waals surface area contributed by atoms with Gasteiger partial charge in [-0.2, -0.15) is 0 Å². The number of rotatable bonds is 6. The van der Waals surface area contributed by atoms with Crippen molar-refractivity contribution in [3.05, 3.63) is 54.6 Å². The molecule has 2 aromatic carbocycles. The first-order valence-corrected chi connectivity index (χ1v) is 8.22. The number of para-hydroxylation sites is 1. The minimum atomic E-state index is -0.918. The number of ether oxygens (including phenoxy) is 1. The Kier molecular flexibility index (Phi) is 4.86. The van der Waals surface area contributed by atoms with E-state index in [4.69, 9.17) is 14.3 Å². The molecule has 0 saturated carbocycles. The van der Waals surface area contributed by atoms with E-state index in [0.29, 0.717) is 22.4 Å². The summed E-state index contributed by atoms with van der Waals surface area (Å²) in [5, 5.41) is 9.17. The second kappa shape index (κ2) is 7.23. The van der Waals surface area contributed by atoms with Crippen molar-refractivity contribution in [2.45, 2.75) is 5.22 Å². The largest absolute Gasteiger partial charge is 0.496 e. The molecule has 0 unspecified atom stereocenters. The third-order valence-corrected chi connectivity index (χ3v) is 4.14. The van der Waals surface area contributed by atoms with Crippen molar-refractivity contribution in [3.63, 3.8) is 0 Å². The van der Waals surface area contributed by atoms with Crippen LogP contribution in [0.4, 0.5) is 0 Å². The van der Waals surface area contributed by atoms with Gasteiger partial charge in [0.1, 0.15) is 17.2 Å². The highest BCUT2D eigenvalue weighted by Crippen LogP contribution is 2.39. The Morgan fingerprint density at radius 3 is 2.58 bits per heavy atom. The number of carboxylic acids is 1. The molecule has 24 heavy (non-hydrogen) atoms. The fraction of sp³-hybridized carbons (Fsp3) is 0.111. The van der Waals surface area contributed by atoms with Gasteiger partial charge in [-0.3, -0.25) is 4.79 Å². The summed E-state index contributed by atoms with van der Waals surface area (Å²) in [4.78, 5) is 15.3. The third-order valence-electron chi connectivity index (χ3n) is 3.33. The molecule has 0 fully saturated rings. The zero-order valence-electron chi connectivity index (χ0n) is 12.9. The molecule has 0 radical (unpaired) electrons. The van der Waals surface area contributed by atoms with Gasteiger partial charge in [-0.15, -0.1) is 0 Å². The fourth-order valence-corrected chi connectivity index (χ4v) is 2.84. The number of aromatic nitrogens is 1. The first kappa shape index (κ1) is 16.1. The lowest BCUT2D eigenvalue weighted by atomic mass is 10.1. The van der Waals surface area contributed by atoms with Crippen molar-refractivity contribution in [2.75, 3.05) is 12.9 Å². The van der Waals surface area contributed by atoms with Gasteiger partial charge < -0.3 is 14.3 Å². The first-order chi connectivity index (χ1) is 11.7. The summed E-state index contributed by atoms with van der Waals surface area (Å²) < 4.78 is 11.3. The van der Waals surface area contributed by atoms with Gasteiger partial charge in [-0.05, 0) is 12.1 Å². The van der Waals surface area contributed by atoms with Crippen LogP contribution in [-0.2, 0) is 4.79 Å². The molecule has 3 rings (SSSR count). The van der Waals surface area contributed by atoms with Gasteiger partial charge in [0.05, 0.1) is 12.7 Å². The summed E-state index contributed by atoms with van der Waals surface area (Å²) in [5.74, 6) is 0.200. The Balaban J connectivity index is 2.10. The van der Waals surface area contributed by atoms with Gasteiger partial charge in [0.15, 0.2) is 5.76 Å². The molecule has 122 valence electrons. The number of hydrogen-bond acceptors (Lipinski definition) is 5. The molecule has 0 aliphatic carbocycles. The van der Waals surface area contributed by atoms with Gasteiger partial charge in [-0.1, -0.05) is 54.2 Å². The maximum absolute atomic E-state index is 10.8. The molecular weight excluding hydrogens is 326 g/mol. The lowest BCUT2D eigenvalue weighted by molar-refractivity contribution is -0.133. The SMILES string of the molecule is COc1ccccc1-c1oc(SCC(=O)O)nc1-c1ccccc1. The van der Waals surface area contributed by atoms with Crippen LogP contribution in [0.15, 0.2) is 64.2 Å².